The molecule has 0 aromatic carbocycles. The van der Waals surface area contributed by atoms with Gasteiger partial charge in [0.2, 0.25) is 0 Å². The Kier molecular flexibility index (Phi) is 5.61. The molecule has 0 bridgehead atoms. The van der Waals surface area contributed by atoms with Crippen LogP contribution in [0.4, 0.5) is 0 Å². The van der Waals surface area contributed by atoms with Gasteiger partial charge in [-0.05, 0) is 30.8 Å². The summed E-state index contributed by atoms with van der Waals surface area (Å²) in [5.74, 6) is -0.0185. The van der Waals surface area contributed by atoms with E-state index < -0.39 is 0 Å². The first-order chi connectivity index (χ1) is 11.2. The van der Waals surface area contributed by atoms with Gasteiger partial charge in [0.15, 0.2) is 0 Å². The van der Waals surface area contributed by atoms with E-state index >= 15 is 0 Å². The number of amides is 1. The Balaban J connectivity index is 1.67. The lowest BCUT2D eigenvalue weighted by molar-refractivity contribution is -0.0361. The molecule has 0 spiro atoms. The van der Waals surface area contributed by atoms with Crippen molar-refractivity contribution in [2.75, 3.05) is 32.8 Å². The number of ether oxygens (including phenoxy) is 1. The smallest absolute Gasteiger partial charge is 0.265 e. The van der Waals surface area contributed by atoms with Crippen molar-refractivity contribution in [2.24, 2.45) is 0 Å². The Hall–Kier alpha value is -1.05. The second-order valence-electron chi connectivity index (χ2n) is 6.47. The number of morpholine rings is 1. The topological polar surface area (TPSA) is 67.4 Å². The van der Waals surface area contributed by atoms with Crippen LogP contribution in [-0.4, -0.2) is 58.8 Å². The molecule has 2 aliphatic rings. The molecular formula is C16H26N4O2S. The Morgan fingerprint density at radius 3 is 2.74 bits per heavy atom. The Morgan fingerprint density at radius 2 is 2.04 bits per heavy atom. The highest BCUT2D eigenvalue weighted by Crippen LogP contribution is 2.34. The van der Waals surface area contributed by atoms with Crippen LogP contribution in [0, 0.1) is 0 Å². The summed E-state index contributed by atoms with van der Waals surface area (Å²) in [5.41, 5.74) is 0.902. The molecule has 1 aliphatic heterocycles. The summed E-state index contributed by atoms with van der Waals surface area (Å²) in [7, 11) is 0. The summed E-state index contributed by atoms with van der Waals surface area (Å²) >= 11 is 1.20. The molecule has 1 amide bonds. The van der Waals surface area contributed by atoms with Crippen molar-refractivity contribution in [3.8, 4) is 0 Å². The molecule has 0 atom stereocenters. The third-order valence-electron chi connectivity index (χ3n) is 5.14. The molecule has 2 heterocycles. The van der Waals surface area contributed by atoms with E-state index in [1.807, 2.05) is 6.92 Å². The molecule has 1 saturated heterocycles. The fourth-order valence-electron chi connectivity index (χ4n) is 3.79. The predicted molar refractivity (Wildman–Crippen MR) is 89.8 cm³/mol. The molecule has 1 aromatic rings. The van der Waals surface area contributed by atoms with Crippen LogP contribution >= 0.6 is 11.5 Å². The second-order valence-corrected chi connectivity index (χ2v) is 7.22. The lowest BCUT2D eigenvalue weighted by Gasteiger charge is -2.48. The monoisotopic (exact) mass is 338 g/mol. The number of aromatic nitrogens is 2. The van der Waals surface area contributed by atoms with E-state index in [-0.39, 0.29) is 11.4 Å². The molecule has 0 unspecified atom stereocenters. The molecule has 3 rings (SSSR count). The number of nitrogens with zero attached hydrogens (tertiary/aromatic N) is 3. The van der Waals surface area contributed by atoms with Gasteiger partial charge < -0.3 is 10.1 Å². The van der Waals surface area contributed by atoms with Gasteiger partial charge in [-0.15, -0.1) is 5.10 Å². The molecular weight excluding hydrogens is 312 g/mol. The lowest BCUT2D eigenvalue weighted by Crippen LogP contribution is -2.59. The predicted octanol–water partition coefficient (Wildman–Crippen LogP) is 1.87. The lowest BCUT2D eigenvalue weighted by atomic mass is 9.79. The van der Waals surface area contributed by atoms with Gasteiger partial charge in [-0.3, -0.25) is 9.69 Å². The second kappa shape index (κ2) is 7.68. The third-order valence-corrected chi connectivity index (χ3v) is 5.91. The van der Waals surface area contributed by atoms with E-state index in [1.54, 1.807) is 0 Å². The van der Waals surface area contributed by atoms with Crippen LogP contribution in [-0.2, 0) is 11.2 Å². The van der Waals surface area contributed by atoms with Gasteiger partial charge in [-0.1, -0.05) is 30.7 Å². The van der Waals surface area contributed by atoms with Crippen LogP contribution in [0.3, 0.4) is 0 Å². The highest BCUT2D eigenvalue weighted by atomic mass is 32.1. The normalized spacial score (nSPS) is 22.0. The summed E-state index contributed by atoms with van der Waals surface area (Å²) in [6, 6.07) is 0. The van der Waals surface area contributed by atoms with E-state index in [0.717, 1.165) is 51.3 Å². The van der Waals surface area contributed by atoms with Crippen LogP contribution in [0.25, 0.3) is 0 Å². The standard InChI is InChI=1S/C16H26N4O2S/c1-2-13-14(23-19-18-13)15(21)17-12-16(6-4-3-5-7-16)20-8-10-22-11-9-20/h2-12H2,1H3,(H,17,21). The maximum atomic E-state index is 12.5. The van der Waals surface area contributed by atoms with Crippen LogP contribution < -0.4 is 5.32 Å². The summed E-state index contributed by atoms with van der Waals surface area (Å²) < 4.78 is 9.43. The summed E-state index contributed by atoms with van der Waals surface area (Å²) in [4.78, 5) is 15.7. The molecule has 2 fully saturated rings. The zero-order chi connectivity index (χ0) is 16.1. The van der Waals surface area contributed by atoms with Crippen molar-refractivity contribution >= 4 is 17.4 Å². The molecule has 6 nitrogen and oxygen atoms in total. The molecule has 0 radical (unpaired) electrons. The molecule has 128 valence electrons. The average molecular weight is 338 g/mol. The highest BCUT2D eigenvalue weighted by molar-refractivity contribution is 7.08. The van der Waals surface area contributed by atoms with Crippen LogP contribution in [0.15, 0.2) is 0 Å². The SMILES string of the molecule is CCc1nnsc1C(=O)NCC1(N2CCOCC2)CCCCC1. The van der Waals surface area contributed by atoms with Crippen molar-refractivity contribution in [3.63, 3.8) is 0 Å². The van der Waals surface area contributed by atoms with Crippen molar-refractivity contribution in [2.45, 2.75) is 51.0 Å². The minimum Gasteiger partial charge on any atom is -0.379 e. The molecule has 23 heavy (non-hydrogen) atoms. The molecule has 1 N–H and O–H groups in total. The fourth-order valence-corrected chi connectivity index (χ4v) is 4.46. The van der Waals surface area contributed by atoms with E-state index in [2.05, 4.69) is 19.8 Å². The first kappa shape index (κ1) is 16.8. The number of aryl methyl sites for hydroxylation is 1. The Morgan fingerprint density at radius 1 is 1.30 bits per heavy atom. The van der Waals surface area contributed by atoms with Gasteiger partial charge in [0.1, 0.15) is 4.88 Å². The first-order valence-electron chi connectivity index (χ1n) is 8.67. The number of nitrogens with one attached hydrogen (secondary N) is 1. The molecule has 7 heteroatoms. The summed E-state index contributed by atoms with van der Waals surface area (Å²) in [5, 5.41) is 7.22. The van der Waals surface area contributed by atoms with E-state index in [0.29, 0.717) is 11.4 Å². The molecule has 1 aliphatic carbocycles. The number of carbonyl (C=O) groups is 1. The van der Waals surface area contributed by atoms with E-state index in [9.17, 15) is 4.79 Å². The quantitative estimate of drug-likeness (QED) is 0.888. The maximum absolute atomic E-state index is 12.5. The first-order valence-corrected chi connectivity index (χ1v) is 9.45. The molecule has 1 saturated carbocycles. The zero-order valence-electron chi connectivity index (χ0n) is 13.8. The number of hydrogen-bond donors (Lipinski definition) is 1. The van der Waals surface area contributed by atoms with Gasteiger partial charge in [0.25, 0.3) is 5.91 Å². The Labute approximate surface area is 141 Å². The number of rotatable bonds is 5. The zero-order valence-corrected chi connectivity index (χ0v) is 14.7. The minimum atomic E-state index is -0.0185. The largest absolute Gasteiger partial charge is 0.379 e. The summed E-state index contributed by atoms with van der Waals surface area (Å²) in [6.45, 7) is 6.26. The van der Waals surface area contributed by atoms with E-state index in [1.165, 1.54) is 30.8 Å². The summed E-state index contributed by atoms with van der Waals surface area (Å²) in [6.07, 6.45) is 6.86. The van der Waals surface area contributed by atoms with Crippen LogP contribution in [0.2, 0.25) is 0 Å². The van der Waals surface area contributed by atoms with Crippen LogP contribution in [0.1, 0.15) is 54.4 Å². The van der Waals surface area contributed by atoms with Gasteiger partial charge in [0.05, 0.1) is 18.9 Å². The van der Waals surface area contributed by atoms with Crippen molar-refractivity contribution < 1.29 is 9.53 Å². The van der Waals surface area contributed by atoms with Gasteiger partial charge in [-0.25, -0.2) is 0 Å². The number of hydrogen-bond acceptors (Lipinski definition) is 6. The maximum Gasteiger partial charge on any atom is 0.265 e. The van der Waals surface area contributed by atoms with Gasteiger partial charge in [0, 0.05) is 25.2 Å². The van der Waals surface area contributed by atoms with Crippen molar-refractivity contribution in [1.29, 1.82) is 0 Å². The highest BCUT2D eigenvalue weighted by Gasteiger charge is 2.39. The van der Waals surface area contributed by atoms with Crippen molar-refractivity contribution in [3.05, 3.63) is 10.6 Å². The van der Waals surface area contributed by atoms with Crippen molar-refractivity contribution in [1.82, 2.24) is 19.8 Å². The number of carbonyl (C=O) groups excluding carboxylic acids is 1. The van der Waals surface area contributed by atoms with Gasteiger partial charge >= 0.3 is 0 Å². The van der Waals surface area contributed by atoms with Gasteiger partial charge in [-0.2, -0.15) is 0 Å². The third kappa shape index (κ3) is 3.72. The Bertz CT molecular complexity index is 522. The molecule has 1 aromatic heterocycles. The van der Waals surface area contributed by atoms with E-state index in [4.69, 9.17) is 4.74 Å². The fraction of sp³-hybridized carbons (Fsp3) is 0.812. The van der Waals surface area contributed by atoms with Crippen LogP contribution in [0.5, 0.6) is 0 Å². The average Bonchev–Trinajstić information content (AvgIpc) is 3.10. The minimum absolute atomic E-state index is 0.0185.